The first kappa shape index (κ1) is 45.7. The average molecular weight is 822 g/mol. The smallest absolute Gasteiger partial charge is 0.872 e. The van der Waals surface area contributed by atoms with Crippen molar-refractivity contribution in [2.45, 2.75) is 0 Å². The molecule has 0 aliphatic rings. The van der Waals surface area contributed by atoms with Gasteiger partial charge in [0.05, 0.1) is 26.6 Å². The minimum absolute atomic E-state index is 0. The minimum atomic E-state index is -0.456. The van der Waals surface area contributed by atoms with Gasteiger partial charge in [-0.1, -0.05) is 96.4 Å². The van der Waals surface area contributed by atoms with Gasteiger partial charge in [0.15, 0.2) is 0 Å². The van der Waals surface area contributed by atoms with Crippen molar-refractivity contribution in [3.8, 4) is 23.0 Å². The standard InChI is InChI=1S/2C15H14N2O3.2C5H5N.2Cu/c2*1-20-13-8-7-12(14(18)9-13)10-16-17-15(19)11-5-3-2-4-6-11;2*1-2-4-6-5-3-1;;/h2*2-10,18H,1H3,(H,17,19);2*1-5H;;/q;;;;2*+2/p-4/b2*16-10+;;;;. The third-order valence-electron chi connectivity index (χ3n) is 6.31. The van der Waals surface area contributed by atoms with Gasteiger partial charge in [-0.15, -0.1) is 0 Å². The first-order chi connectivity index (χ1) is 25.4. The quantitative estimate of drug-likeness (QED) is 0.0955. The van der Waals surface area contributed by atoms with Crippen LogP contribution in [-0.2, 0) is 34.1 Å². The van der Waals surface area contributed by atoms with E-state index in [9.17, 15) is 20.4 Å². The second-order valence-corrected chi connectivity index (χ2v) is 9.89. The van der Waals surface area contributed by atoms with Crippen LogP contribution in [-0.4, -0.2) is 48.4 Å². The molecule has 0 saturated heterocycles. The number of rotatable bonds is 8. The molecule has 0 aliphatic heterocycles. The zero-order chi connectivity index (χ0) is 37.2. The zero-order valence-corrected chi connectivity index (χ0v) is 30.8. The van der Waals surface area contributed by atoms with E-state index in [2.05, 4.69) is 30.4 Å². The van der Waals surface area contributed by atoms with Crippen LogP contribution in [0.4, 0.5) is 0 Å². The Bertz CT molecular complexity index is 1810. The summed E-state index contributed by atoms with van der Waals surface area (Å²) in [6, 6.07) is 37.7. The normalized spacial score (nSPS) is 10.5. The maximum Gasteiger partial charge on any atom is 2.00 e. The average Bonchev–Trinajstić information content (AvgIpc) is 3.21. The van der Waals surface area contributed by atoms with Gasteiger partial charge in [0, 0.05) is 36.6 Å². The molecule has 0 atom stereocenters. The topological polar surface area (TPSA) is 186 Å². The van der Waals surface area contributed by atoms with Gasteiger partial charge in [0.1, 0.15) is 11.5 Å². The number of aromatic nitrogens is 2. The van der Waals surface area contributed by atoms with Crippen molar-refractivity contribution >= 4 is 24.2 Å². The SMILES string of the molecule is COc1ccc(/C=N/N=C(\[O-])c2ccccc2)c([O-])c1.COc1ccc(/C=N/N=C(\[O-])c2ccccc2)c([O-])c1.[Cu+2].[Cu+2].c1ccncc1.c1ccncc1. The summed E-state index contributed by atoms with van der Waals surface area (Å²) in [4.78, 5) is 7.57. The molecular formula is C40H34Cu2N6O6. The van der Waals surface area contributed by atoms with Gasteiger partial charge in [0.25, 0.3) is 0 Å². The first-order valence-corrected chi connectivity index (χ1v) is 15.5. The molecule has 0 unspecified atom stereocenters. The summed E-state index contributed by atoms with van der Waals surface area (Å²) in [7, 11) is 2.97. The number of benzene rings is 4. The van der Waals surface area contributed by atoms with Gasteiger partial charge in [-0.05, 0) is 70.8 Å². The Balaban J connectivity index is 0.000000401. The molecule has 0 aliphatic carbocycles. The third kappa shape index (κ3) is 17.8. The van der Waals surface area contributed by atoms with Crippen molar-refractivity contribution < 1.29 is 64.0 Å². The Morgan fingerprint density at radius 3 is 1.09 bits per heavy atom. The molecule has 2 radical (unpaired) electrons. The van der Waals surface area contributed by atoms with Crippen LogP contribution in [0.2, 0.25) is 0 Å². The van der Waals surface area contributed by atoms with Crippen LogP contribution in [0.1, 0.15) is 22.3 Å². The number of nitrogens with zero attached hydrogens (tertiary/aromatic N) is 6. The summed E-state index contributed by atoms with van der Waals surface area (Å²) in [5.41, 5.74) is 1.58. The molecule has 6 rings (SSSR count). The molecule has 4 aromatic carbocycles. The van der Waals surface area contributed by atoms with E-state index in [0.29, 0.717) is 33.8 Å². The van der Waals surface area contributed by atoms with E-state index < -0.39 is 11.8 Å². The van der Waals surface area contributed by atoms with Crippen LogP contribution in [0.5, 0.6) is 23.0 Å². The molecule has 12 nitrogen and oxygen atoms in total. The van der Waals surface area contributed by atoms with E-state index >= 15 is 0 Å². The summed E-state index contributed by atoms with van der Waals surface area (Å²) in [5, 5.41) is 60.9. The molecular weight excluding hydrogens is 788 g/mol. The Morgan fingerprint density at radius 1 is 0.500 bits per heavy atom. The Kier molecular flexibility index (Phi) is 23.2. The summed E-state index contributed by atoms with van der Waals surface area (Å²) < 4.78 is 9.86. The molecule has 0 fully saturated rings. The van der Waals surface area contributed by atoms with Crippen LogP contribution < -0.4 is 29.9 Å². The van der Waals surface area contributed by atoms with E-state index in [1.807, 2.05) is 36.4 Å². The van der Waals surface area contributed by atoms with Crippen LogP contribution in [0.25, 0.3) is 0 Å². The molecule has 54 heavy (non-hydrogen) atoms. The molecule has 2 aromatic heterocycles. The van der Waals surface area contributed by atoms with Crippen molar-refractivity contribution in [1.82, 2.24) is 9.97 Å². The molecule has 0 spiro atoms. The fourth-order valence-corrected chi connectivity index (χ4v) is 3.69. The van der Waals surface area contributed by atoms with Gasteiger partial charge < -0.3 is 29.9 Å². The van der Waals surface area contributed by atoms with Crippen LogP contribution in [0, 0.1) is 0 Å². The summed E-state index contributed by atoms with van der Waals surface area (Å²) >= 11 is 0. The number of hydrogen-bond acceptors (Lipinski definition) is 12. The van der Waals surface area contributed by atoms with E-state index in [4.69, 9.17) is 9.47 Å². The Labute approximate surface area is 334 Å². The Morgan fingerprint density at radius 2 is 0.833 bits per heavy atom. The van der Waals surface area contributed by atoms with Gasteiger partial charge in [-0.3, -0.25) is 9.97 Å². The van der Waals surface area contributed by atoms with Gasteiger partial charge in [-0.2, -0.15) is 20.4 Å². The molecule has 0 N–H and O–H groups in total. The summed E-state index contributed by atoms with van der Waals surface area (Å²) in [6.07, 6.45) is 9.51. The second-order valence-electron chi connectivity index (χ2n) is 9.89. The molecule has 14 heteroatoms. The van der Waals surface area contributed by atoms with E-state index in [0.717, 1.165) is 0 Å². The number of hydrogen-bond donors (Lipinski definition) is 0. The van der Waals surface area contributed by atoms with E-state index in [1.54, 1.807) is 110 Å². The largest absolute Gasteiger partial charge is 2.00 e. The van der Waals surface area contributed by atoms with Crippen LogP contribution >= 0.6 is 0 Å². The Hall–Kier alpha value is -6.30. The monoisotopic (exact) mass is 820 g/mol. The number of pyridine rings is 2. The molecule has 0 saturated carbocycles. The van der Waals surface area contributed by atoms with Crippen LogP contribution in [0.15, 0.2) is 179 Å². The van der Waals surface area contributed by atoms with Crippen molar-refractivity contribution in [1.29, 1.82) is 0 Å². The van der Waals surface area contributed by atoms with Gasteiger partial charge in [0.2, 0.25) is 0 Å². The fourth-order valence-electron chi connectivity index (χ4n) is 3.69. The van der Waals surface area contributed by atoms with Crippen molar-refractivity contribution in [2.24, 2.45) is 20.4 Å². The molecule has 0 bridgehead atoms. The van der Waals surface area contributed by atoms with Gasteiger partial charge in [-0.25, -0.2) is 0 Å². The second kappa shape index (κ2) is 27.4. The number of ether oxygens (including phenoxy) is 2. The fraction of sp³-hybridized carbons (Fsp3) is 0.0500. The molecule has 2 heterocycles. The molecule has 6 aromatic rings. The predicted molar refractivity (Wildman–Crippen MR) is 194 cm³/mol. The van der Waals surface area contributed by atoms with E-state index in [-0.39, 0.29) is 45.6 Å². The maximum absolute atomic E-state index is 11.6. The molecule has 282 valence electrons. The third-order valence-corrected chi connectivity index (χ3v) is 6.31. The first-order valence-electron chi connectivity index (χ1n) is 15.5. The summed E-state index contributed by atoms with van der Waals surface area (Å²) in [6.45, 7) is 0. The minimum Gasteiger partial charge on any atom is -0.872 e. The van der Waals surface area contributed by atoms with Crippen molar-refractivity contribution in [3.05, 3.63) is 181 Å². The zero-order valence-electron chi connectivity index (χ0n) is 28.9. The van der Waals surface area contributed by atoms with Gasteiger partial charge >= 0.3 is 34.1 Å². The molecule has 0 amide bonds. The predicted octanol–water partition coefficient (Wildman–Crippen LogP) is 3.98. The van der Waals surface area contributed by atoms with Crippen molar-refractivity contribution in [3.63, 3.8) is 0 Å². The summed E-state index contributed by atoms with van der Waals surface area (Å²) in [5.74, 6) is -0.439. The number of methoxy groups -OCH3 is 2. The van der Waals surface area contributed by atoms with E-state index in [1.165, 1.54) is 38.8 Å². The maximum atomic E-state index is 11.6. The van der Waals surface area contributed by atoms with Crippen LogP contribution in [0.3, 0.4) is 0 Å². The van der Waals surface area contributed by atoms with Crippen molar-refractivity contribution in [2.75, 3.05) is 14.2 Å².